The van der Waals surface area contributed by atoms with Crippen molar-refractivity contribution in [2.24, 2.45) is 0 Å². The van der Waals surface area contributed by atoms with Crippen LogP contribution in [0.15, 0.2) is 75.9 Å². The van der Waals surface area contributed by atoms with Gasteiger partial charge in [-0.05, 0) is 24.3 Å². The van der Waals surface area contributed by atoms with Crippen molar-refractivity contribution in [1.29, 1.82) is 0 Å². The highest BCUT2D eigenvalue weighted by Gasteiger charge is 2.12. The zero-order valence-corrected chi connectivity index (χ0v) is 15.1. The van der Waals surface area contributed by atoms with E-state index in [1.165, 1.54) is 16.4 Å². The molecule has 7 nitrogen and oxygen atoms in total. The number of thioether (sulfide) groups is 1. The van der Waals surface area contributed by atoms with Crippen molar-refractivity contribution >= 4 is 33.6 Å². The summed E-state index contributed by atoms with van der Waals surface area (Å²) in [5, 5.41) is 9.61. The van der Waals surface area contributed by atoms with Crippen LogP contribution in [-0.4, -0.2) is 24.5 Å². The number of aromatic nitrogens is 5. The molecule has 2 heterocycles. The third-order valence-corrected chi connectivity index (χ3v) is 5.03. The van der Waals surface area contributed by atoms with Crippen molar-refractivity contribution in [1.82, 2.24) is 24.5 Å². The lowest BCUT2D eigenvalue weighted by Crippen LogP contribution is -2.25. The molecule has 0 aliphatic carbocycles. The number of nitrogens with zero attached hydrogens (tertiary/aromatic N) is 5. The fraction of sp³-hybridized carbons (Fsp3) is 0.105. The van der Waals surface area contributed by atoms with Gasteiger partial charge in [0.25, 0.3) is 11.1 Å². The molecule has 0 spiro atoms. The zero-order chi connectivity index (χ0) is 18.8. The monoisotopic (exact) mass is 377 g/mol. The SMILES string of the molecule is C=CCn1c(SCn2nnc3ccccc3c2=O)nc2ccccc2c1=O. The van der Waals surface area contributed by atoms with Gasteiger partial charge < -0.3 is 0 Å². The number of rotatable bonds is 5. The van der Waals surface area contributed by atoms with Crippen molar-refractivity contribution in [2.75, 3.05) is 0 Å². The predicted octanol–water partition coefficient (Wildman–Crippen LogP) is 2.44. The molecule has 8 heteroatoms. The van der Waals surface area contributed by atoms with Gasteiger partial charge in [0, 0.05) is 6.54 Å². The van der Waals surface area contributed by atoms with E-state index >= 15 is 0 Å². The minimum atomic E-state index is -0.230. The summed E-state index contributed by atoms with van der Waals surface area (Å²) in [5.41, 5.74) is 0.796. The first kappa shape index (κ1) is 17.2. The van der Waals surface area contributed by atoms with Crippen molar-refractivity contribution in [3.05, 3.63) is 81.9 Å². The van der Waals surface area contributed by atoms with E-state index in [1.807, 2.05) is 12.1 Å². The van der Waals surface area contributed by atoms with Gasteiger partial charge in [0.2, 0.25) is 0 Å². The first-order valence-electron chi connectivity index (χ1n) is 8.25. The number of hydrogen-bond acceptors (Lipinski definition) is 6. The molecule has 0 N–H and O–H groups in total. The van der Waals surface area contributed by atoms with E-state index in [-0.39, 0.29) is 17.0 Å². The van der Waals surface area contributed by atoms with Gasteiger partial charge in [-0.15, -0.1) is 11.7 Å². The molecule has 0 aliphatic heterocycles. The number of fused-ring (bicyclic) bond motifs is 2. The lowest BCUT2D eigenvalue weighted by Gasteiger charge is -2.11. The summed E-state index contributed by atoms with van der Waals surface area (Å²) in [7, 11) is 0. The van der Waals surface area contributed by atoms with E-state index < -0.39 is 0 Å². The number of allylic oxidation sites excluding steroid dienone is 1. The molecule has 0 saturated carbocycles. The summed E-state index contributed by atoms with van der Waals surface area (Å²) < 4.78 is 2.81. The van der Waals surface area contributed by atoms with E-state index in [9.17, 15) is 9.59 Å². The lowest BCUT2D eigenvalue weighted by molar-refractivity contribution is 0.633. The molecule has 134 valence electrons. The number of para-hydroxylation sites is 1. The normalized spacial score (nSPS) is 11.1. The van der Waals surface area contributed by atoms with Gasteiger partial charge in [-0.1, -0.05) is 47.3 Å². The van der Waals surface area contributed by atoms with Gasteiger partial charge in [-0.3, -0.25) is 14.2 Å². The van der Waals surface area contributed by atoms with E-state index in [4.69, 9.17) is 0 Å². The van der Waals surface area contributed by atoms with Gasteiger partial charge >= 0.3 is 0 Å². The minimum absolute atomic E-state index is 0.139. The quantitative estimate of drug-likeness (QED) is 0.302. The van der Waals surface area contributed by atoms with E-state index in [1.54, 1.807) is 47.0 Å². The van der Waals surface area contributed by atoms with Crippen LogP contribution < -0.4 is 11.1 Å². The van der Waals surface area contributed by atoms with Crippen LogP contribution in [0.4, 0.5) is 0 Å². The van der Waals surface area contributed by atoms with Crippen molar-refractivity contribution in [2.45, 2.75) is 17.6 Å². The van der Waals surface area contributed by atoms with Crippen LogP contribution in [0.1, 0.15) is 0 Å². The third kappa shape index (κ3) is 3.15. The van der Waals surface area contributed by atoms with Crippen LogP contribution in [0.25, 0.3) is 21.8 Å². The highest BCUT2D eigenvalue weighted by Crippen LogP contribution is 2.19. The van der Waals surface area contributed by atoms with Crippen LogP contribution in [0.2, 0.25) is 0 Å². The Morgan fingerprint density at radius 3 is 2.37 bits per heavy atom. The maximum absolute atomic E-state index is 12.8. The van der Waals surface area contributed by atoms with Crippen LogP contribution in [0, 0.1) is 0 Å². The maximum Gasteiger partial charge on any atom is 0.278 e. The molecule has 0 amide bonds. The van der Waals surface area contributed by atoms with Crippen molar-refractivity contribution < 1.29 is 0 Å². The summed E-state index contributed by atoms with van der Waals surface area (Å²) in [5.74, 6) is 0.193. The Bertz CT molecular complexity index is 1280. The van der Waals surface area contributed by atoms with Crippen LogP contribution >= 0.6 is 11.8 Å². The molecule has 2 aromatic heterocycles. The van der Waals surface area contributed by atoms with E-state index in [0.717, 1.165) is 0 Å². The zero-order valence-electron chi connectivity index (χ0n) is 14.3. The third-order valence-electron chi connectivity index (χ3n) is 4.08. The molecule has 0 aliphatic rings. The highest BCUT2D eigenvalue weighted by molar-refractivity contribution is 7.98. The maximum atomic E-state index is 12.8. The van der Waals surface area contributed by atoms with Crippen molar-refractivity contribution in [3.8, 4) is 0 Å². The molecule has 0 unspecified atom stereocenters. The molecular formula is C19H15N5O2S. The van der Waals surface area contributed by atoms with Gasteiger partial charge in [-0.2, -0.15) is 4.68 Å². The minimum Gasteiger partial charge on any atom is -0.283 e. The molecule has 2 aromatic carbocycles. The fourth-order valence-corrected chi connectivity index (χ4v) is 3.66. The van der Waals surface area contributed by atoms with Gasteiger partial charge in [0.05, 0.1) is 22.2 Å². The Morgan fingerprint density at radius 1 is 0.963 bits per heavy atom. The second-order valence-corrected chi connectivity index (χ2v) is 6.71. The molecule has 0 fully saturated rings. The molecule has 0 saturated heterocycles. The Labute approximate surface area is 158 Å². The first-order chi connectivity index (χ1) is 13.2. The molecule has 0 atom stereocenters. The predicted molar refractivity (Wildman–Crippen MR) is 106 cm³/mol. The Kier molecular flexibility index (Phi) is 4.55. The summed E-state index contributed by atoms with van der Waals surface area (Å²) in [4.78, 5) is 29.9. The number of hydrogen-bond donors (Lipinski definition) is 0. The van der Waals surface area contributed by atoms with Crippen LogP contribution in [-0.2, 0) is 12.4 Å². The largest absolute Gasteiger partial charge is 0.283 e. The average Bonchev–Trinajstić information content (AvgIpc) is 2.70. The van der Waals surface area contributed by atoms with Gasteiger partial charge in [0.15, 0.2) is 5.16 Å². The Morgan fingerprint density at radius 2 is 1.63 bits per heavy atom. The number of benzene rings is 2. The molecule has 4 rings (SSSR count). The molecule has 0 radical (unpaired) electrons. The summed E-state index contributed by atoms with van der Waals surface area (Å²) >= 11 is 1.26. The fourth-order valence-electron chi connectivity index (χ4n) is 2.77. The van der Waals surface area contributed by atoms with E-state index in [0.29, 0.717) is 33.5 Å². The first-order valence-corrected chi connectivity index (χ1v) is 9.23. The summed E-state index contributed by atoms with van der Waals surface area (Å²) in [6.07, 6.45) is 1.64. The Hall–Kier alpha value is -3.26. The topological polar surface area (TPSA) is 82.7 Å². The summed E-state index contributed by atoms with van der Waals surface area (Å²) in [6.45, 7) is 4.04. The molecule has 27 heavy (non-hydrogen) atoms. The van der Waals surface area contributed by atoms with Gasteiger partial charge in [0.1, 0.15) is 5.52 Å². The van der Waals surface area contributed by atoms with Crippen molar-refractivity contribution in [3.63, 3.8) is 0 Å². The molecule has 4 aromatic rings. The van der Waals surface area contributed by atoms with Crippen LogP contribution in [0.3, 0.4) is 0 Å². The second kappa shape index (κ2) is 7.16. The van der Waals surface area contributed by atoms with Crippen LogP contribution in [0.5, 0.6) is 0 Å². The van der Waals surface area contributed by atoms with Gasteiger partial charge in [-0.25, -0.2) is 4.98 Å². The standard InChI is InChI=1S/C19H15N5O2S/c1-2-11-23-17(25)13-7-3-5-9-15(13)20-19(23)27-12-24-18(26)14-8-4-6-10-16(14)21-22-24/h2-10H,1,11-12H2. The lowest BCUT2D eigenvalue weighted by atomic mass is 10.2. The average molecular weight is 377 g/mol. The Balaban J connectivity index is 1.74. The van der Waals surface area contributed by atoms with E-state index in [2.05, 4.69) is 21.9 Å². The highest BCUT2D eigenvalue weighted by atomic mass is 32.2. The molecular weight excluding hydrogens is 362 g/mol. The second-order valence-electron chi connectivity index (χ2n) is 5.80. The summed E-state index contributed by atoms with van der Waals surface area (Å²) in [6, 6.07) is 14.2. The smallest absolute Gasteiger partial charge is 0.278 e. The molecule has 0 bridgehead atoms.